The van der Waals surface area contributed by atoms with E-state index < -0.39 is 0 Å². The lowest BCUT2D eigenvalue weighted by atomic mass is 9.71. The van der Waals surface area contributed by atoms with E-state index in [1.54, 1.807) is 0 Å². The molecular formula is C10H18O3. The first-order valence-corrected chi connectivity index (χ1v) is 4.91. The second kappa shape index (κ2) is 4.09. The van der Waals surface area contributed by atoms with E-state index in [9.17, 15) is 9.90 Å². The molecule has 0 amide bonds. The van der Waals surface area contributed by atoms with Crippen LogP contribution < -0.4 is 0 Å². The molecule has 3 nitrogen and oxygen atoms in total. The van der Waals surface area contributed by atoms with Gasteiger partial charge in [0.05, 0.1) is 18.6 Å². The van der Waals surface area contributed by atoms with Crippen molar-refractivity contribution in [3.8, 4) is 0 Å². The zero-order valence-electron chi connectivity index (χ0n) is 8.38. The van der Waals surface area contributed by atoms with Crippen LogP contribution in [-0.4, -0.2) is 24.3 Å². The first-order chi connectivity index (χ1) is 6.14. The predicted molar refractivity (Wildman–Crippen MR) is 49.2 cm³/mol. The van der Waals surface area contributed by atoms with Crippen molar-refractivity contribution in [3.05, 3.63) is 0 Å². The SMILES string of the molecule is CC[C@]1(C(=O)OC)CC[C@@H](O)CC1. The number of ether oxygens (including phenoxy) is 1. The van der Waals surface area contributed by atoms with Crippen molar-refractivity contribution in [1.82, 2.24) is 0 Å². The summed E-state index contributed by atoms with van der Waals surface area (Å²) in [5.74, 6) is -0.109. The molecule has 1 aliphatic rings. The maximum absolute atomic E-state index is 11.5. The molecule has 0 heterocycles. The largest absolute Gasteiger partial charge is 0.469 e. The molecule has 0 aromatic heterocycles. The second-order valence-electron chi connectivity index (χ2n) is 3.86. The van der Waals surface area contributed by atoms with Gasteiger partial charge < -0.3 is 9.84 Å². The van der Waals surface area contributed by atoms with Gasteiger partial charge in [0.25, 0.3) is 0 Å². The highest BCUT2D eigenvalue weighted by Crippen LogP contribution is 2.40. The standard InChI is InChI=1S/C10H18O3/c1-3-10(9(12)13-2)6-4-8(11)5-7-10/h8,11H,3-7H2,1-2H3/t8-,10+. The minimum Gasteiger partial charge on any atom is -0.469 e. The lowest BCUT2D eigenvalue weighted by Crippen LogP contribution is -2.37. The van der Waals surface area contributed by atoms with Gasteiger partial charge in [-0.2, -0.15) is 0 Å². The van der Waals surface area contributed by atoms with E-state index >= 15 is 0 Å². The summed E-state index contributed by atoms with van der Waals surface area (Å²) in [7, 11) is 1.44. The number of rotatable bonds is 2. The van der Waals surface area contributed by atoms with Gasteiger partial charge in [0.15, 0.2) is 0 Å². The van der Waals surface area contributed by atoms with Crippen LogP contribution in [0, 0.1) is 5.41 Å². The molecule has 0 aliphatic heterocycles. The summed E-state index contributed by atoms with van der Waals surface area (Å²) in [4.78, 5) is 11.5. The number of esters is 1. The lowest BCUT2D eigenvalue weighted by Gasteiger charge is -2.35. The Kier molecular flexibility index (Phi) is 3.31. The lowest BCUT2D eigenvalue weighted by molar-refractivity contribution is -0.156. The molecule has 1 fully saturated rings. The Labute approximate surface area is 79.1 Å². The first-order valence-electron chi connectivity index (χ1n) is 4.91. The van der Waals surface area contributed by atoms with E-state index in [0.29, 0.717) is 0 Å². The van der Waals surface area contributed by atoms with Gasteiger partial charge in [0.2, 0.25) is 0 Å². The smallest absolute Gasteiger partial charge is 0.311 e. The summed E-state index contributed by atoms with van der Waals surface area (Å²) in [6.07, 6.45) is 3.57. The Morgan fingerprint density at radius 3 is 2.46 bits per heavy atom. The molecule has 0 bridgehead atoms. The Balaban J connectivity index is 2.65. The Bertz CT molecular complexity index is 181. The van der Waals surface area contributed by atoms with Crippen LogP contribution in [0.3, 0.4) is 0 Å². The van der Waals surface area contributed by atoms with Crippen LogP contribution in [0.4, 0.5) is 0 Å². The molecule has 0 unspecified atom stereocenters. The zero-order chi connectivity index (χ0) is 9.90. The van der Waals surface area contributed by atoms with Crippen LogP contribution >= 0.6 is 0 Å². The summed E-state index contributed by atoms with van der Waals surface area (Å²) in [6.45, 7) is 2.01. The molecule has 0 aromatic carbocycles. The van der Waals surface area contributed by atoms with E-state index in [4.69, 9.17) is 4.74 Å². The fourth-order valence-electron chi connectivity index (χ4n) is 2.07. The summed E-state index contributed by atoms with van der Waals surface area (Å²) in [6, 6.07) is 0. The number of hydrogen-bond donors (Lipinski definition) is 1. The van der Waals surface area contributed by atoms with Crippen LogP contribution in [0.5, 0.6) is 0 Å². The molecule has 13 heavy (non-hydrogen) atoms. The molecule has 0 aromatic rings. The third kappa shape index (κ3) is 2.02. The van der Waals surface area contributed by atoms with Gasteiger partial charge in [-0.05, 0) is 32.1 Å². The molecule has 0 saturated heterocycles. The molecule has 3 heteroatoms. The quantitative estimate of drug-likeness (QED) is 0.665. The highest BCUT2D eigenvalue weighted by Gasteiger charge is 2.40. The van der Waals surface area contributed by atoms with Gasteiger partial charge in [0, 0.05) is 0 Å². The summed E-state index contributed by atoms with van der Waals surface area (Å²) in [5, 5.41) is 9.34. The van der Waals surface area contributed by atoms with Gasteiger partial charge in [-0.3, -0.25) is 4.79 Å². The normalized spacial score (nSPS) is 34.2. The summed E-state index contributed by atoms with van der Waals surface area (Å²) < 4.78 is 4.80. The summed E-state index contributed by atoms with van der Waals surface area (Å²) >= 11 is 0. The van der Waals surface area contributed by atoms with Crippen molar-refractivity contribution < 1.29 is 14.6 Å². The van der Waals surface area contributed by atoms with Gasteiger partial charge >= 0.3 is 5.97 Å². The van der Waals surface area contributed by atoms with E-state index in [-0.39, 0.29) is 17.5 Å². The monoisotopic (exact) mass is 186 g/mol. The molecule has 0 spiro atoms. The minimum absolute atomic E-state index is 0.109. The van der Waals surface area contributed by atoms with Crippen LogP contribution in [0.25, 0.3) is 0 Å². The van der Waals surface area contributed by atoms with Crippen LogP contribution in [0.2, 0.25) is 0 Å². The van der Waals surface area contributed by atoms with Crippen molar-refractivity contribution in [2.45, 2.75) is 45.1 Å². The van der Waals surface area contributed by atoms with Gasteiger partial charge in [0.1, 0.15) is 0 Å². The maximum Gasteiger partial charge on any atom is 0.311 e. The molecule has 0 atom stereocenters. The van der Waals surface area contributed by atoms with Crippen molar-refractivity contribution >= 4 is 5.97 Å². The predicted octanol–water partition coefficient (Wildman–Crippen LogP) is 1.49. The number of carbonyl (C=O) groups excluding carboxylic acids is 1. The second-order valence-corrected chi connectivity index (χ2v) is 3.86. The van der Waals surface area contributed by atoms with Crippen molar-refractivity contribution in [2.24, 2.45) is 5.41 Å². The highest BCUT2D eigenvalue weighted by molar-refractivity contribution is 5.76. The molecule has 1 N–H and O–H groups in total. The fraction of sp³-hybridized carbons (Fsp3) is 0.900. The average Bonchev–Trinajstić information content (AvgIpc) is 2.18. The summed E-state index contributed by atoms with van der Waals surface area (Å²) in [5.41, 5.74) is -0.312. The van der Waals surface area contributed by atoms with Crippen molar-refractivity contribution in [1.29, 1.82) is 0 Å². The molecule has 1 aliphatic carbocycles. The minimum atomic E-state index is -0.312. The van der Waals surface area contributed by atoms with E-state index in [1.807, 2.05) is 6.92 Å². The fourth-order valence-corrected chi connectivity index (χ4v) is 2.07. The van der Waals surface area contributed by atoms with Gasteiger partial charge in [-0.15, -0.1) is 0 Å². The van der Waals surface area contributed by atoms with Crippen LogP contribution in [0.1, 0.15) is 39.0 Å². The van der Waals surface area contributed by atoms with Crippen molar-refractivity contribution in [2.75, 3.05) is 7.11 Å². The Hall–Kier alpha value is -0.570. The number of aliphatic hydroxyl groups is 1. The highest BCUT2D eigenvalue weighted by atomic mass is 16.5. The molecule has 0 radical (unpaired) electrons. The molecule has 76 valence electrons. The van der Waals surface area contributed by atoms with Crippen LogP contribution in [0.15, 0.2) is 0 Å². The average molecular weight is 186 g/mol. The number of carbonyl (C=O) groups is 1. The third-order valence-corrected chi connectivity index (χ3v) is 3.21. The van der Waals surface area contributed by atoms with Crippen LogP contribution in [-0.2, 0) is 9.53 Å². The Morgan fingerprint density at radius 1 is 1.54 bits per heavy atom. The zero-order valence-corrected chi connectivity index (χ0v) is 8.38. The number of hydrogen-bond acceptors (Lipinski definition) is 3. The first kappa shape index (κ1) is 10.5. The third-order valence-electron chi connectivity index (χ3n) is 3.21. The molecular weight excluding hydrogens is 168 g/mol. The van der Waals surface area contributed by atoms with Crippen molar-refractivity contribution in [3.63, 3.8) is 0 Å². The maximum atomic E-state index is 11.5. The topological polar surface area (TPSA) is 46.5 Å². The number of methoxy groups -OCH3 is 1. The van der Waals surface area contributed by atoms with Gasteiger partial charge in [-0.1, -0.05) is 6.92 Å². The number of aliphatic hydroxyl groups excluding tert-OH is 1. The van der Waals surface area contributed by atoms with E-state index in [2.05, 4.69) is 0 Å². The van der Waals surface area contributed by atoms with Gasteiger partial charge in [-0.25, -0.2) is 0 Å². The molecule has 1 saturated carbocycles. The van der Waals surface area contributed by atoms with E-state index in [0.717, 1.165) is 32.1 Å². The van der Waals surface area contributed by atoms with E-state index in [1.165, 1.54) is 7.11 Å². The Morgan fingerprint density at radius 2 is 2.08 bits per heavy atom. The molecule has 1 rings (SSSR count).